The molecule has 0 aromatic rings. The van der Waals surface area contributed by atoms with Crippen LogP contribution in [0.1, 0.15) is 58.8 Å². The van der Waals surface area contributed by atoms with Crippen LogP contribution in [0.5, 0.6) is 0 Å². The molecule has 1 saturated carbocycles. The van der Waals surface area contributed by atoms with Crippen LogP contribution in [-0.2, 0) is 0 Å². The first-order chi connectivity index (χ1) is 11.1. The first-order valence-electron chi connectivity index (χ1n) is 9.59. The van der Waals surface area contributed by atoms with E-state index in [0.29, 0.717) is 12.1 Å². The second kappa shape index (κ2) is 9.48. The van der Waals surface area contributed by atoms with Crippen LogP contribution in [0.3, 0.4) is 0 Å². The Morgan fingerprint density at radius 3 is 2.74 bits per heavy atom. The summed E-state index contributed by atoms with van der Waals surface area (Å²) in [5.74, 6) is 0. The standard InChI is InChI=1S/C18H36N4O/c1-4-5-11-22-12-7-6-8-17(22)14-20-18(23)19-13-15(2)21(3)16-9-10-16/h15-17H,4-14H2,1-3H3,(H2,19,20,23). The molecule has 0 radical (unpaired) electrons. The van der Waals surface area contributed by atoms with Gasteiger partial charge in [-0.25, -0.2) is 4.79 Å². The van der Waals surface area contributed by atoms with Crippen molar-refractivity contribution in [1.29, 1.82) is 0 Å². The van der Waals surface area contributed by atoms with Gasteiger partial charge in [-0.05, 0) is 59.2 Å². The number of piperidine rings is 1. The molecule has 2 unspecified atom stereocenters. The number of likely N-dealkylation sites (tertiary alicyclic amines) is 1. The van der Waals surface area contributed by atoms with Gasteiger partial charge in [-0.2, -0.15) is 0 Å². The molecule has 23 heavy (non-hydrogen) atoms. The molecule has 1 heterocycles. The van der Waals surface area contributed by atoms with Crippen molar-refractivity contribution in [3.8, 4) is 0 Å². The van der Waals surface area contributed by atoms with Gasteiger partial charge in [-0.3, -0.25) is 9.80 Å². The van der Waals surface area contributed by atoms with E-state index in [4.69, 9.17) is 0 Å². The Bertz CT molecular complexity index is 359. The molecule has 2 rings (SSSR count). The van der Waals surface area contributed by atoms with E-state index in [1.165, 1.54) is 58.0 Å². The second-order valence-electron chi connectivity index (χ2n) is 7.38. The number of amides is 2. The first-order valence-corrected chi connectivity index (χ1v) is 9.59. The fourth-order valence-electron chi connectivity index (χ4n) is 3.45. The third-order valence-corrected chi connectivity index (χ3v) is 5.42. The molecule has 0 bridgehead atoms. The number of nitrogens with one attached hydrogen (secondary N) is 2. The number of hydrogen-bond donors (Lipinski definition) is 2. The van der Waals surface area contributed by atoms with Crippen molar-refractivity contribution in [3.63, 3.8) is 0 Å². The highest BCUT2D eigenvalue weighted by Gasteiger charge is 2.29. The number of unbranched alkanes of at least 4 members (excludes halogenated alkanes) is 1. The largest absolute Gasteiger partial charge is 0.337 e. The number of rotatable bonds is 9. The van der Waals surface area contributed by atoms with Crippen molar-refractivity contribution < 1.29 is 4.79 Å². The number of carbonyl (C=O) groups is 1. The van der Waals surface area contributed by atoms with E-state index in [2.05, 4.69) is 41.3 Å². The normalized spacial score (nSPS) is 23.7. The summed E-state index contributed by atoms with van der Waals surface area (Å²) in [4.78, 5) is 17.0. The quantitative estimate of drug-likeness (QED) is 0.685. The lowest BCUT2D eigenvalue weighted by Gasteiger charge is -2.35. The molecule has 2 fully saturated rings. The fourth-order valence-corrected chi connectivity index (χ4v) is 3.45. The summed E-state index contributed by atoms with van der Waals surface area (Å²) in [5, 5.41) is 6.12. The van der Waals surface area contributed by atoms with Crippen LogP contribution in [0.25, 0.3) is 0 Å². The van der Waals surface area contributed by atoms with Crippen molar-refractivity contribution in [1.82, 2.24) is 20.4 Å². The van der Waals surface area contributed by atoms with E-state index in [1.54, 1.807) is 0 Å². The van der Waals surface area contributed by atoms with Gasteiger partial charge in [0.15, 0.2) is 0 Å². The number of likely N-dealkylation sites (N-methyl/N-ethyl adjacent to an activating group) is 1. The van der Waals surface area contributed by atoms with E-state index in [-0.39, 0.29) is 6.03 Å². The maximum Gasteiger partial charge on any atom is 0.314 e. The van der Waals surface area contributed by atoms with Crippen molar-refractivity contribution in [3.05, 3.63) is 0 Å². The maximum atomic E-state index is 12.1. The third kappa shape index (κ3) is 6.30. The monoisotopic (exact) mass is 324 g/mol. The van der Waals surface area contributed by atoms with E-state index in [1.807, 2.05) is 0 Å². The maximum absolute atomic E-state index is 12.1. The number of hydrogen-bond acceptors (Lipinski definition) is 3. The molecule has 2 aliphatic rings. The Morgan fingerprint density at radius 1 is 1.26 bits per heavy atom. The average molecular weight is 325 g/mol. The zero-order chi connectivity index (χ0) is 16.7. The predicted octanol–water partition coefficient (Wildman–Crippen LogP) is 2.42. The molecule has 5 heteroatoms. The van der Waals surface area contributed by atoms with Crippen LogP contribution >= 0.6 is 0 Å². The highest BCUT2D eigenvalue weighted by atomic mass is 16.2. The summed E-state index contributed by atoms with van der Waals surface area (Å²) < 4.78 is 0. The highest BCUT2D eigenvalue weighted by molar-refractivity contribution is 5.73. The van der Waals surface area contributed by atoms with Gasteiger partial charge in [0.2, 0.25) is 0 Å². The Labute approximate surface area is 142 Å². The second-order valence-corrected chi connectivity index (χ2v) is 7.38. The van der Waals surface area contributed by atoms with Gasteiger partial charge in [0.1, 0.15) is 0 Å². The van der Waals surface area contributed by atoms with Crippen LogP contribution < -0.4 is 10.6 Å². The molecule has 1 saturated heterocycles. The van der Waals surface area contributed by atoms with Crippen molar-refractivity contribution in [2.24, 2.45) is 0 Å². The summed E-state index contributed by atoms with van der Waals surface area (Å²) in [6.07, 6.45) is 8.92. The third-order valence-electron chi connectivity index (χ3n) is 5.42. The minimum atomic E-state index is -0.0120. The van der Waals surface area contributed by atoms with E-state index >= 15 is 0 Å². The Balaban J connectivity index is 1.63. The number of nitrogens with zero attached hydrogens (tertiary/aromatic N) is 2. The van der Waals surface area contributed by atoms with Crippen LogP contribution in [0.4, 0.5) is 4.79 Å². The highest BCUT2D eigenvalue weighted by Crippen LogP contribution is 2.26. The van der Waals surface area contributed by atoms with Crippen LogP contribution in [0.15, 0.2) is 0 Å². The molecular formula is C18H36N4O. The summed E-state index contributed by atoms with van der Waals surface area (Å²) in [6.45, 7) is 8.30. The molecule has 5 nitrogen and oxygen atoms in total. The Kier molecular flexibility index (Phi) is 7.63. The van der Waals surface area contributed by atoms with Crippen molar-refractivity contribution in [2.45, 2.75) is 76.9 Å². The fraction of sp³-hybridized carbons (Fsp3) is 0.944. The summed E-state index contributed by atoms with van der Waals surface area (Å²) in [5.41, 5.74) is 0. The zero-order valence-electron chi connectivity index (χ0n) is 15.3. The van der Waals surface area contributed by atoms with Gasteiger partial charge < -0.3 is 10.6 Å². The zero-order valence-corrected chi connectivity index (χ0v) is 15.3. The van der Waals surface area contributed by atoms with Gasteiger partial charge in [0.25, 0.3) is 0 Å². The molecule has 0 aromatic carbocycles. The van der Waals surface area contributed by atoms with Gasteiger partial charge in [-0.1, -0.05) is 19.8 Å². The molecular weight excluding hydrogens is 288 g/mol. The molecule has 2 N–H and O–H groups in total. The number of carbonyl (C=O) groups excluding carboxylic acids is 1. The summed E-state index contributed by atoms with van der Waals surface area (Å²) in [7, 11) is 2.16. The summed E-state index contributed by atoms with van der Waals surface area (Å²) >= 11 is 0. The van der Waals surface area contributed by atoms with Crippen LogP contribution in [0.2, 0.25) is 0 Å². The van der Waals surface area contributed by atoms with Gasteiger partial charge in [-0.15, -0.1) is 0 Å². The minimum Gasteiger partial charge on any atom is -0.337 e. The Hall–Kier alpha value is -0.810. The van der Waals surface area contributed by atoms with Crippen molar-refractivity contribution >= 4 is 6.03 Å². The van der Waals surface area contributed by atoms with E-state index in [0.717, 1.165) is 19.1 Å². The molecule has 2 amide bonds. The van der Waals surface area contributed by atoms with Crippen molar-refractivity contribution in [2.75, 3.05) is 33.2 Å². The lowest BCUT2D eigenvalue weighted by atomic mass is 10.0. The molecule has 0 aromatic heterocycles. The smallest absolute Gasteiger partial charge is 0.314 e. The van der Waals surface area contributed by atoms with Gasteiger partial charge >= 0.3 is 6.03 Å². The molecule has 134 valence electrons. The van der Waals surface area contributed by atoms with Gasteiger partial charge in [0, 0.05) is 31.2 Å². The topological polar surface area (TPSA) is 47.6 Å². The van der Waals surface area contributed by atoms with Crippen LogP contribution in [-0.4, -0.2) is 67.2 Å². The molecule has 1 aliphatic carbocycles. The first kappa shape index (κ1) is 18.5. The average Bonchev–Trinajstić information content (AvgIpc) is 3.40. The SMILES string of the molecule is CCCCN1CCCCC1CNC(=O)NCC(C)N(C)C1CC1. The van der Waals surface area contributed by atoms with Gasteiger partial charge in [0.05, 0.1) is 0 Å². The number of urea groups is 1. The van der Waals surface area contributed by atoms with E-state index < -0.39 is 0 Å². The minimum absolute atomic E-state index is 0.0120. The molecule has 2 atom stereocenters. The Morgan fingerprint density at radius 2 is 2.04 bits per heavy atom. The van der Waals surface area contributed by atoms with E-state index in [9.17, 15) is 4.79 Å². The molecule has 0 spiro atoms. The predicted molar refractivity (Wildman–Crippen MR) is 95.8 cm³/mol. The van der Waals surface area contributed by atoms with Crippen LogP contribution in [0, 0.1) is 0 Å². The molecule has 1 aliphatic heterocycles. The lowest BCUT2D eigenvalue weighted by Crippen LogP contribution is -2.50. The summed E-state index contributed by atoms with van der Waals surface area (Å²) in [6, 6.07) is 1.66. The lowest BCUT2D eigenvalue weighted by molar-refractivity contribution is 0.143.